The fourth-order valence-electron chi connectivity index (χ4n) is 4.65. The minimum atomic E-state index is -0.487. The van der Waals surface area contributed by atoms with E-state index in [9.17, 15) is 9.59 Å². The van der Waals surface area contributed by atoms with Crippen LogP contribution in [0.25, 0.3) is 11.1 Å². The van der Waals surface area contributed by atoms with Crippen molar-refractivity contribution in [2.45, 2.75) is 51.0 Å². The SMILES string of the molecule is NC(=O)c1cccc(-c2cnc(N)nc2C2CCCN2C(=O)CC2CCCC2)c1. The number of benzene rings is 1. The van der Waals surface area contributed by atoms with Crippen LogP contribution in [0.1, 0.15) is 67.0 Å². The largest absolute Gasteiger partial charge is 0.368 e. The topological polar surface area (TPSA) is 115 Å². The fraction of sp³-hybridized carbons (Fsp3) is 0.455. The molecule has 4 N–H and O–H groups in total. The van der Waals surface area contributed by atoms with Gasteiger partial charge < -0.3 is 16.4 Å². The van der Waals surface area contributed by atoms with Crippen molar-refractivity contribution in [2.24, 2.45) is 11.7 Å². The highest BCUT2D eigenvalue weighted by Crippen LogP contribution is 2.38. The maximum absolute atomic E-state index is 13.1. The predicted molar refractivity (Wildman–Crippen MR) is 111 cm³/mol. The van der Waals surface area contributed by atoms with Crippen LogP contribution in [0.2, 0.25) is 0 Å². The number of carbonyl (C=O) groups excluding carboxylic acids is 2. The van der Waals surface area contributed by atoms with Crippen LogP contribution >= 0.6 is 0 Å². The van der Waals surface area contributed by atoms with Crippen LogP contribution in [0.3, 0.4) is 0 Å². The van der Waals surface area contributed by atoms with E-state index >= 15 is 0 Å². The van der Waals surface area contributed by atoms with Gasteiger partial charge in [-0.25, -0.2) is 9.97 Å². The Balaban J connectivity index is 1.66. The van der Waals surface area contributed by atoms with Gasteiger partial charge in [0.25, 0.3) is 0 Å². The van der Waals surface area contributed by atoms with E-state index in [0.29, 0.717) is 17.9 Å². The van der Waals surface area contributed by atoms with Crippen molar-refractivity contribution >= 4 is 17.8 Å². The van der Waals surface area contributed by atoms with Gasteiger partial charge in [-0.3, -0.25) is 9.59 Å². The van der Waals surface area contributed by atoms with E-state index in [1.807, 2.05) is 11.0 Å². The van der Waals surface area contributed by atoms with Gasteiger partial charge in [0.05, 0.1) is 11.7 Å². The molecule has 1 saturated heterocycles. The fourth-order valence-corrected chi connectivity index (χ4v) is 4.65. The van der Waals surface area contributed by atoms with Crippen molar-refractivity contribution in [1.29, 1.82) is 0 Å². The average Bonchev–Trinajstić information content (AvgIpc) is 3.40. The number of carbonyl (C=O) groups is 2. The Hall–Kier alpha value is -2.96. The highest BCUT2D eigenvalue weighted by molar-refractivity contribution is 5.94. The number of nitrogen functional groups attached to an aromatic ring is 1. The van der Waals surface area contributed by atoms with E-state index in [-0.39, 0.29) is 17.9 Å². The third-order valence-corrected chi connectivity index (χ3v) is 6.12. The Morgan fingerprint density at radius 3 is 2.69 bits per heavy atom. The van der Waals surface area contributed by atoms with E-state index in [2.05, 4.69) is 9.97 Å². The van der Waals surface area contributed by atoms with E-state index in [4.69, 9.17) is 11.5 Å². The molecule has 1 unspecified atom stereocenters. The summed E-state index contributed by atoms with van der Waals surface area (Å²) in [6, 6.07) is 6.97. The van der Waals surface area contributed by atoms with Crippen molar-refractivity contribution in [2.75, 3.05) is 12.3 Å². The molecule has 1 atom stereocenters. The van der Waals surface area contributed by atoms with Crippen molar-refractivity contribution in [3.05, 3.63) is 41.7 Å². The Labute approximate surface area is 170 Å². The second-order valence-electron chi connectivity index (χ2n) is 8.07. The third kappa shape index (κ3) is 4.09. The highest BCUT2D eigenvalue weighted by atomic mass is 16.2. The van der Waals surface area contributed by atoms with Gasteiger partial charge in [-0.2, -0.15) is 0 Å². The van der Waals surface area contributed by atoms with Crippen LogP contribution in [0.15, 0.2) is 30.5 Å². The van der Waals surface area contributed by atoms with Gasteiger partial charge >= 0.3 is 0 Å². The lowest BCUT2D eigenvalue weighted by atomic mass is 9.97. The number of anilines is 1. The first kappa shape index (κ1) is 19.4. The summed E-state index contributed by atoms with van der Waals surface area (Å²) in [6.45, 7) is 0.737. The van der Waals surface area contributed by atoms with Crippen LogP contribution in [-0.4, -0.2) is 33.2 Å². The number of hydrogen-bond donors (Lipinski definition) is 2. The van der Waals surface area contributed by atoms with Crippen molar-refractivity contribution in [3.8, 4) is 11.1 Å². The van der Waals surface area contributed by atoms with Crippen molar-refractivity contribution < 1.29 is 9.59 Å². The molecule has 7 nitrogen and oxygen atoms in total. The molecule has 4 rings (SSSR count). The standard InChI is InChI=1S/C22H27N5O2/c23-21(29)16-8-3-7-15(12-16)17-13-25-22(24)26-20(17)18-9-4-10-27(18)19(28)11-14-5-1-2-6-14/h3,7-8,12-14,18H,1-2,4-6,9-11H2,(H2,23,29)(H2,24,25,26). The smallest absolute Gasteiger partial charge is 0.248 e. The number of amides is 2. The Morgan fingerprint density at radius 1 is 1.14 bits per heavy atom. The van der Waals surface area contributed by atoms with Crippen molar-refractivity contribution in [3.63, 3.8) is 0 Å². The summed E-state index contributed by atoms with van der Waals surface area (Å²) in [5.41, 5.74) is 14.1. The molecule has 2 aliphatic rings. The lowest BCUT2D eigenvalue weighted by molar-refractivity contribution is -0.133. The zero-order valence-corrected chi connectivity index (χ0v) is 16.5. The van der Waals surface area contributed by atoms with Gasteiger partial charge in [0.1, 0.15) is 0 Å². The molecular weight excluding hydrogens is 366 g/mol. The number of likely N-dealkylation sites (tertiary alicyclic amines) is 1. The van der Waals surface area contributed by atoms with Crippen molar-refractivity contribution in [1.82, 2.24) is 14.9 Å². The molecule has 1 aliphatic carbocycles. The Kier molecular flexibility index (Phi) is 5.47. The summed E-state index contributed by atoms with van der Waals surface area (Å²) in [6.07, 6.45) is 8.82. The summed E-state index contributed by atoms with van der Waals surface area (Å²) in [5.74, 6) is 0.406. The number of rotatable bonds is 5. The average molecular weight is 393 g/mol. The molecule has 0 bridgehead atoms. The van der Waals surface area contributed by atoms with Gasteiger partial charge in [-0.15, -0.1) is 0 Å². The summed E-state index contributed by atoms with van der Waals surface area (Å²) in [4.78, 5) is 35.3. The van der Waals surface area contributed by atoms with Crippen LogP contribution in [-0.2, 0) is 4.79 Å². The highest BCUT2D eigenvalue weighted by Gasteiger charge is 2.34. The summed E-state index contributed by atoms with van der Waals surface area (Å²) in [7, 11) is 0. The minimum Gasteiger partial charge on any atom is -0.368 e. The van der Waals surface area contributed by atoms with Crippen LogP contribution < -0.4 is 11.5 Å². The number of nitrogens with two attached hydrogens (primary N) is 2. The molecule has 0 spiro atoms. The van der Waals surface area contributed by atoms with E-state index in [0.717, 1.165) is 49.0 Å². The second kappa shape index (κ2) is 8.19. The zero-order chi connectivity index (χ0) is 20.4. The molecule has 1 aliphatic heterocycles. The molecule has 2 heterocycles. The van der Waals surface area contributed by atoms with Crippen LogP contribution in [0.4, 0.5) is 5.95 Å². The van der Waals surface area contributed by atoms with E-state index < -0.39 is 5.91 Å². The normalized spacial score (nSPS) is 19.6. The summed E-state index contributed by atoms with van der Waals surface area (Å²) < 4.78 is 0. The second-order valence-corrected chi connectivity index (χ2v) is 8.07. The lowest BCUT2D eigenvalue weighted by Gasteiger charge is -2.27. The molecule has 29 heavy (non-hydrogen) atoms. The van der Waals surface area contributed by atoms with Gasteiger partial charge in [0.2, 0.25) is 17.8 Å². The molecule has 0 radical (unpaired) electrons. The summed E-state index contributed by atoms with van der Waals surface area (Å²) >= 11 is 0. The first-order valence-corrected chi connectivity index (χ1v) is 10.3. The molecule has 2 aromatic rings. The first-order chi connectivity index (χ1) is 14.0. The van der Waals surface area contributed by atoms with Crippen LogP contribution in [0.5, 0.6) is 0 Å². The lowest BCUT2D eigenvalue weighted by Crippen LogP contribution is -2.32. The van der Waals surface area contributed by atoms with Gasteiger partial charge in [-0.05, 0) is 49.3 Å². The quantitative estimate of drug-likeness (QED) is 0.810. The van der Waals surface area contributed by atoms with Crippen LogP contribution in [0, 0.1) is 5.92 Å². The molecule has 1 aromatic heterocycles. The molecule has 2 fully saturated rings. The number of primary amides is 1. The zero-order valence-electron chi connectivity index (χ0n) is 16.5. The molecule has 1 saturated carbocycles. The van der Waals surface area contributed by atoms with Gasteiger partial charge in [0, 0.05) is 30.3 Å². The Bertz CT molecular complexity index is 923. The maximum Gasteiger partial charge on any atom is 0.248 e. The number of hydrogen-bond acceptors (Lipinski definition) is 5. The first-order valence-electron chi connectivity index (χ1n) is 10.3. The van der Waals surface area contributed by atoms with E-state index in [1.54, 1.807) is 24.4 Å². The molecule has 152 valence electrons. The Morgan fingerprint density at radius 2 is 1.93 bits per heavy atom. The number of aromatic nitrogens is 2. The minimum absolute atomic E-state index is 0.124. The van der Waals surface area contributed by atoms with Gasteiger partial charge in [0.15, 0.2) is 0 Å². The van der Waals surface area contributed by atoms with Gasteiger partial charge in [-0.1, -0.05) is 25.0 Å². The summed E-state index contributed by atoms with van der Waals surface area (Å²) in [5, 5.41) is 0. The molecule has 7 heteroatoms. The molecule has 2 amide bonds. The number of nitrogens with zero attached hydrogens (tertiary/aromatic N) is 3. The predicted octanol–water partition coefficient (Wildman–Crippen LogP) is 3.07. The molecular formula is C22H27N5O2. The van der Waals surface area contributed by atoms with E-state index in [1.165, 1.54) is 12.8 Å². The molecule has 1 aromatic carbocycles. The maximum atomic E-state index is 13.1. The third-order valence-electron chi connectivity index (χ3n) is 6.12. The monoisotopic (exact) mass is 393 g/mol.